The first-order valence-electron chi connectivity index (χ1n) is 15.6. The molecule has 254 valence electrons. The first-order chi connectivity index (χ1) is 23.0. The van der Waals surface area contributed by atoms with Crippen LogP contribution in [0.2, 0.25) is 10.0 Å². The van der Waals surface area contributed by atoms with Crippen molar-refractivity contribution in [3.8, 4) is 5.75 Å². The number of carbonyl (C=O) groups excluding carboxylic acids is 2. The second-order valence-corrected chi connectivity index (χ2v) is 13.7. The smallest absolute Gasteiger partial charge is 0.264 e. The minimum atomic E-state index is -4.40. The van der Waals surface area contributed by atoms with Crippen LogP contribution in [0.25, 0.3) is 0 Å². The number of hydrogen-bond donors (Lipinski definition) is 1. The lowest BCUT2D eigenvalue weighted by Gasteiger charge is -2.34. The molecule has 0 aliphatic heterocycles. The largest absolute Gasteiger partial charge is 0.494 e. The monoisotopic (exact) mass is 713 g/mol. The molecule has 0 radical (unpaired) electrons. The first-order valence-corrected chi connectivity index (χ1v) is 17.8. The molecule has 12 heteroatoms. The number of nitrogens with one attached hydrogen (secondary N) is 1. The minimum absolute atomic E-state index is 0.110. The molecule has 0 spiro atoms. The topological polar surface area (TPSA) is 96.0 Å². The Morgan fingerprint density at radius 1 is 0.917 bits per heavy atom. The predicted octanol–water partition coefficient (Wildman–Crippen LogP) is 7.28. The van der Waals surface area contributed by atoms with E-state index < -0.39 is 34.3 Å². The number of halogens is 3. The molecule has 0 saturated heterocycles. The Balaban J connectivity index is 1.81. The van der Waals surface area contributed by atoms with Crippen LogP contribution in [-0.2, 0) is 32.6 Å². The van der Waals surface area contributed by atoms with E-state index >= 15 is 0 Å². The zero-order valence-electron chi connectivity index (χ0n) is 26.7. The Hall–Kier alpha value is -4.12. The van der Waals surface area contributed by atoms with E-state index in [0.29, 0.717) is 29.5 Å². The highest BCUT2D eigenvalue weighted by Crippen LogP contribution is 2.28. The van der Waals surface area contributed by atoms with E-state index in [4.69, 9.17) is 27.9 Å². The van der Waals surface area contributed by atoms with Crippen molar-refractivity contribution in [3.05, 3.63) is 124 Å². The third-order valence-corrected chi connectivity index (χ3v) is 9.95. The summed E-state index contributed by atoms with van der Waals surface area (Å²) in [4.78, 5) is 29.6. The van der Waals surface area contributed by atoms with Gasteiger partial charge in [-0.15, -0.1) is 0 Å². The van der Waals surface area contributed by atoms with Crippen LogP contribution in [0.4, 0.5) is 10.1 Å². The SMILES string of the molecule is CCCCNC(=O)[C@@H](Cc1ccccc1)N(Cc1ccc(Cl)cc1Cl)C(=O)CN(c1ccc(OCC)cc1)S(=O)(=O)c1ccc(F)cc1. The van der Waals surface area contributed by atoms with Crippen molar-refractivity contribution in [1.82, 2.24) is 10.2 Å². The van der Waals surface area contributed by atoms with Gasteiger partial charge in [0.05, 0.1) is 17.2 Å². The van der Waals surface area contributed by atoms with Crippen LogP contribution in [-0.4, -0.2) is 50.9 Å². The van der Waals surface area contributed by atoms with Crippen LogP contribution in [0.3, 0.4) is 0 Å². The lowest BCUT2D eigenvalue weighted by Crippen LogP contribution is -2.53. The number of sulfonamides is 1. The lowest BCUT2D eigenvalue weighted by atomic mass is 10.0. The average Bonchev–Trinajstić information content (AvgIpc) is 3.07. The molecule has 4 aromatic rings. The maximum absolute atomic E-state index is 14.6. The number of benzene rings is 4. The second-order valence-electron chi connectivity index (χ2n) is 11.0. The summed E-state index contributed by atoms with van der Waals surface area (Å²) in [5, 5.41) is 3.63. The number of unbranched alkanes of at least 4 members (excludes halogenated alkanes) is 1. The van der Waals surface area contributed by atoms with Crippen LogP contribution in [0.1, 0.15) is 37.8 Å². The Bertz CT molecular complexity index is 1780. The van der Waals surface area contributed by atoms with Crippen LogP contribution in [0.5, 0.6) is 5.75 Å². The molecule has 0 bridgehead atoms. The highest BCUT2D eigenvalue weighted by Gasteiger charge is 2.35. The molecule has 2 amide bonds. The highest BCUT2D eigenvalue weighted by atomic mass is 35.5. The van der Waals surface area contributed by atoms with Gasteiger partial charge < -0.3 is 15.0 Å². The molecular weight excluding hydrogens is 676 g/mol. The third kappa shape index (κ3) is 9.71. The first kappa shape index (κ1) is 36.7. The van der Waals surface area contributed by atoms with E-state index in [1.807, 2.05) is 44.2 Å². The van der Waals surface area contributed by atoms with Crippen molar-refractivity contribution in [1.29, 1.82) is 0 Å². The number of anilines is 1. The molecule has 48 heavy (non-hydrogen) atoms. The van der Waals surface area contributed by atoms with Crippen LogP contribution in [0, 0.1) is 5.82 Å². The molecule has 1 atom stereocenters. The van der Waals surface area contributed by atoms with Gasteiger partial charge >= 0.3 is 0 Å². The maximum atomic E-state index is 14.6. The molecule has 0 aliphatic rings. The predicted molar refractivity (Wildman–Crippen MR) is 187 cm³/mol. The van der Waals surface area contributed by atoms with E-state index in [-0.39, 0.29) is 34.5 Å². The van der Waals surface area contributed by atoms with Crippen molar-refractivity contribution in [3.63, 3.8) is 0 Å². The summed E-state index contributed by atoms with van der Waals surface area (Å²) >= 11 is 12.7. The Morgan fingerprint density at radius 2 is 1.60 bits per heavy atom. The standard InChI is InChI=1S/C36H38Cl2FN3O5S/c1-3-5-21-40-36(44)34(22-26-9-7-6-8-10-26)41(24-27-11-12-28(37)23-33(27)38)35(43)25-42(30-15-17-31(18-16-30)47-4-2)48(45,46)32-19-13-29(39)14-20-32/h6-20,23,34H,3-5,21-22,24-25H2,1-2H3,(H,40,44)/t34-/m1/s1. The maximum Gasteiger partial charge on any atom is 0.264 e. The van der Waals surface area contributed by atoms with E-state index in [9.17, 15) is 22.4 Å². The van der Waals surface area contributed by atoms with Crippen molar-refractivity contribution in [2.45, 2.75) is 50.6 Å². The van der Waals surface area contributed by atoms with Gasteiger partial charge in [-0.1, -0.05) is 72.9 Å². The molecule has 0 aliphatic carbocycles. The van der Waals surface area contributed by atoms with Crippen molar-refractivity contribution in [2.75, 3.05) is 24.0 Å². The van der Waals surface area contributed by atoms with Crippen LogP contribution < -0.4 is 14.4 Å². The lowest BCUT2D eigenvalue weighted by molar-refractivity contribution is -0.140. The summed E-state index contributed by atoms with van der Waals surface area (Å²) in [6, 6.07) is 23.7. The number of carbonyl (C=O) groups is 2. The number of ether oxygens (including phenoxy) is 1. The number of amides is 2. The molecule has 0 heterocycles. The molecule has 0 aromatic heterocycles. The van der Waals surface area contributed by atoms with Gasteiger partial charge in [0.1, 0.15) is 24.2 Å². The van der Waals surface area contributed by atoms with Crippen molar-refractivity contribution in [2.24, 2.45) is 0 Å². The Morgan fingerprint density at radius 3 is 2.23 bits per heavy atom. The van der Waals surface area contributed by atoms with Gasteiger partial charge in [0.15, 0.2) is 0 Å². The van der Waals surface area contributed by atoms with Gasteiger partial charge in [-0.3, -0.25) is 13.9 Å². The fourth-order valence-corrected chi connectivity index (χ4v) is 6.91. The zero-order valence-corrected chi connectivity index (χ0v) is 29.1. The number of rotatable bonds is 16. The summed E-state index contributed by atoms with van der Waals surface area (Å²) in [7, 11) is -4.40. The molecule has 0 unspecified atom stereocenters. The van der Waals surface area contributed by atoms with Gasteiger partial charge in [0, 0.05) is 29.6 Å². The molecule has 8 nitrogen and oxygen atoms in total. The fraction of sp³-hybridized carbons (Fsp3) is 0.278. The van der Waals surface area contributed by atoms with Crippen LogP contribution >= 0.6 is 23.2 Å². The molecule has 0 fully saturated rings. The summed E-state index contributed by atoms with van der Waals surface area (Å²) in [5.74, 6) is -1.15. The highest BCUT2D eigenvalue weighted by molar-refractivity contribution is 7.92. The molecular formula is C36H38Cl2FN3O5S. The Labute approximate surface area is 291 Å². The van der Waals surface area contributed by atoms with Gasteiger partial charge in [-0.25, -0.2) is 12.8 Å². The molecule has 1 N–H and O–H groups in total. The fourth-order valence-electron chi connectivity index (χ4n) is 5.03. The third-order valence-electron chi connectivity index (χ3n) is 7.57. The van der Waals surface area contributed by atoms with Crippen molar-refractivity contribution >= 4 is 50.7 Å². The number of nitrogens with zero attached hydrogens (tertiary/aromatic N) is 2. The van der Waals surface area contributed by atoms with E-state index in [0.717, 1.165) is 47.0 Å². The second kappa shape index (κ2) is 17.3. The molecule has 4 rings (SSSR count). The summed E-state index contributed by atoms with van der Waals surface area (Å²) in [6.45, 7) is 3.85. The summed E-state index contributed by atoms with van der Waals surface area (Å²) in [6.07, 6.45) is 1.75. The van der Waals surface area contributed by atoms with E-state index in [1.165, 1.54) is 17.0 Å². The minimum Gasteiger partial charge on any atom is -0.494 e. The average molecular weight is 715 g/mol. The Kier molecular flexibility index (Phi) is 13.3. The number of hydrogen-bond acceptors (Lipinski definition) is 5. The van der Waals surface area contributed by atoms with E-state index in [1.54, 1.807) is 30.3 Å². The summed E-state index contributed by atoms with van der Waals surface area (Å²) in [5.41, 5.74) is 1.49. The van der Waals surface area contributed by atoms with Crippen molar-refractivity contribution < 1.29 is 27.1 Å². The normalized spacial score (nSPS) is 11.9. The molecule has 4 aromatic carbocycles. The van der Waals surface area contributed by atoms with Crippen LogP contribution in [0.15, 0.2) is 102 Å². The molecule has 0 saturated carbocycles. The van der Waals surface area contributed by atoms with Gasteiger partial charge in [0.2, 0.25) is 11.8 Å². The quantitative estimate of drug-likeness (QED) is 0.123. The van der Waals surface area contributed by atoms with Gasteiger partial charge in [-0.2, -0.15) is 0 Å². The summed E-state index contributed by atoms with van der Waals surface area (Å²) < 4.78 is 48.5. The zero-order chi connectivity index (χ0) is 34.7. The van der Waals surface area contributed by atoms with E-state index in [2.05, 4.69) is 5.32 Å². The van der Waals surface area contributed by atoms with Gasteiger partial charge in [0.25, 0.3) is 10.0 Å². The van der Waals surface area contributed by atoms with Gasteiger partial charge in [-0.05, 0) is 85.1 Å².